The van der Waals surface area contributed by atoms with Crippen LogP contribution in [0.4, 0.5) is 0 Å². The predicted octanol–water partition coefficient (Wildman–Crippen LogP) is 2.77. The van der Waals surface area contributed by atoms with Gasteiger partial charge in [-0.2, -0.15) is 0 Å². The van der Waals surface area contributed by atoms with Crippen molar-refractivity contribution < 1.29 is 13.9 Å². The summed E-state index contributed by atoms with van der Waals surface area (Å²) in [7, 11) is 1.55. The number of fused-ring (bicyclic) bond motifs is 1. The number of pyridine rings is 1. The molecule has 21 heavy (non-hydrogen) atoms. The van der Waals surface area contributed by atoms with E-state index in [9.17, 15) is 4.79 Å². The molecule has 0 saturated heterocycles. The third-order valence-corrected chi connectivity index (χ3v) is 3.11. The van der Waals surface area contributed by atoms with Crippen LogP contribution in [0.5, 0.6) is 5.88 Å². The number of benzene rings is 1. The van der Waals surface area contributed by atoms with Crippen molar-refractivity contribution in [1.29, 1.82) is 0 Å². The zero-order valence-electron chi connectivity index (χ0n) is 11.5. The minimum absolute atomic E-state index is 0.248. The number of carbonyl (C=O) groups excluding carboxylic acids is 1. The first kappa shape index (κ1) is 13.2. The van der Waals surface area contributed by atoms with E-state index in [1.54, 1.807) is 25.4 Å². The summed E-state index contributed by atoms with van der Waals surface area (Å²) in [5.74, 6) is 0.574. The lowest BCUT2D eigenvalue weighted by atomic mass is 10.2. The van der Waals surface area contributed by atoms with Crippen molar-refractivity contribution in [2.24, 2.45) is 0 Å². The number of aromatic nitrogens is 1. The molecule has 0 bridgehead atoms. The van der Waals surface area contributed by atoms with E-state index in [0.717, 1.165) is 10.9 Å². The molecule has 1 N–H and O–H groups in total. The molecule has 2 heterocycles. The van der Waals surface area contributed by atoms with Crippen LogP contribution >= 0.6 is 0 Å². The highest BCUT2D eigenvalue weighted by Gasteiger charge is 2.11. The lowest BCUT2D eigenvalue weighted by molar-refractivity contribution is 0.0925. The van der Waals surface area contributed by atoms with Crippen molar-refractivity contribution in [2.45, 2.75) is 6.54 Å². The molecule has 0 radical (unpaired) electrons. The van der Waals surface area contributed by atoms with Crippen LogP contribution < -0.4 is 10.1 Å². The highest BCUT2D eigenvalue weighted by molar-refractivity contribution is 5.95. The molecule has 3 aromatic rings. The van der Waals surface area contributed by atoms with Gasteiger partial charge in [0.25, 0.3) is 5.91 Å². The highest BCUT2D eigenvalue weighted by Crippen LogP contribution is 2.18. The van der Waals surface area contributed by atoms with Gasteiger partial charge in [-0.3, -0.25) is 4.79 Å². The maximum Gasteiger partial charge on any atom is 0.287 e. The molecule has 5 heteroatoms. The Morgan fingerprint density at radius 3 is 2.95 bits per heavy atom. The second-order valence-electron chi connectivity index (χ2n) is 4.54. The molecule has 5 nitrogen and oxygen atoms in total. The smallest absolute Gasteiger partial charge is 0.287 e. The van der Waals surface area contributed by atoms with Gasteiger partial charge in [0.2, 0.25) is 5.88 Å². The third-order valence-electron chi connectivity index (χ3n) is 3.11. The number of hydrogen-bond acceptors (Lipinski definition) is 4. The average molecular weight is 282 g/mol. The molecule has 0 aliphatic rings. The van der Waals surface area contributed by atoms with Gasteiger partial charge in [0, 0.05) is 24.2 Å². The average Bonchev–Trinajstić information content (AvgIpc) is 2.97. The second kappa shape index (κ2) is 5.66. The maximum atomic E-state index is 12.1. The van der Waals surface area contributed by atoms with Crippen LogP contribution in [0.25, 0.3) is 11.0 Å². The first-order chi connectivity index (χ1) is 10.3. The fraction of sp³-hybridized carbons (Fsp3) is 0.125. The van der Waals surface area contributed by atoms with Crippen LogP contribution in [0.3, 0.4) is 0 Å². The molecule has 0 saturated carbocycles. The summed E-state index contributed by atoms with van der Waals surface area (Å²) < 4.78 is 10.6. The molecule has 1 aromatic carbocycles. The van der Waals surface area contributed by atoms with Gasteiger partial charge in [0.05, 0.1) is 7.11 Å². The summed E-state index contributed by atoms with van der Waals surface area (Å²) in [5.41, 5.74) is 1.61. The van der Waals surface area contributed by atoms with Gasteiger partial charge in [-0.05, 0) is 23.8 Å². The monoisotopic (exact) mass is 282 g/mol. The highest BCUT2D eigenvalue weighted by atomic mass is 16.5. The first-order valence-electron chi connectivity index (χ1n) is 6.52. The van der Waals surface area contributed by atoms with E-state index >= 15 is 0 Å². The molecule has 2 aromatic heterocycles. The number of nitrogens with zero attached hydrogens (tertiary/aromatic N) is 1. The predicted molar refractivity (Wildman–Crippen MR) is 78.2 cm³/mol. The lowest BCUT2D eigenvalue weighted by Crippen LogP contribution is -2.22. The van der Waals surface area contributed by atoms with Gasteiger partial charge < -0.3 is 14.5 Å². The molecule has 0 aliphatic heterocycles. The molecule has 106 valence electrons. The van der Waals surface area contributed by atoms with Crippen molar-refractivity contribution in [2.75, 3.05) is 7.11 Å². The number of nitrogens with one attached hydrogen (secondary N) is 1. The third kappa shape index (κ3) is 2.86. The van der Waals surface area contributed by atoms with Crippen LogP contribution in [-0.2, 0) is 6.54 Å². The van der Waals surface area contributed by atoms with Crippen LogP contribution in [0.1, 0.15) is 16.1 Å². The number of amides is 1. The summed E-state index contributed by atoms with van der Waals surface area (Å²) in [6.45, 7) is 0.384. The van der Waals surface area contributed by atoms with E-state index in [-0.39, 0.29) is 5.91 Å². The molecular weight excluding hydrogens is 268 g/mol. The van der Waals surface area contributed by atoms with Gasteiger partial charge in [0.1, 0.15) is 5.58 Å². The Labute approximate surface area is 121 Å². The Balaban J connectivity index is 1.71. The number of hydrogen-bond donors (Lipinski definition) is 1. The van der Waals surface area contributed by atoms with E-state index in [1.807, 2.05) is 30.3 Å². The normalized spacial score (nSPS) is 10.5. The van der Waals surface area contributed by atoms with Crippen LogP contribution in [0.15, 0.2) is 53.1 Å². The molecule has 0 atom stereocenters. The topological polar surface area (TPSA) is 64.4 Å². The molecule has 3 rings (SSSR count). The fourth-order valence-corrected chi connectivity index (χ4v) is 2.04. The van der Waals surface area contributed by atoms with E-state index in [2.05, 4.69) is 10.3 Å². The minimum Gasteiger partial charge on any atom is -0.481 e. The SMILES string of the molecule is COc1cc(CNC(=O)c2cc3ccccc3o2)ccn1. The summed E-state index contributed by atoms with van der Waals surface area (Å²) in [4.78, 5) is 16.1. The summed E-state index contributed by atoms with van der Waals surface area (Å²) >= 11 is 0. The van der Waals surface area contributed by atoms with Crippen molar-refractivity contribution in [3.8, 4) is 5.88 Å². The van der Waals surface area contributed by atoms with Gasteiger partial charge in [0.15, 0.2) is 5.76 Å². The van der Waals surface area contributed by atoms with Crippen molar-refractivity contribution in [1.82, 2.24) is 10.3 Å². The van der Waals surface area contributed by atoms with E-state index in [4.69, 9.17) is 9.15 Å². The van der Waals surface area contributed by atoms with Crippen molar-refractivity contribution >= 4 is 16.9 Å². The van der Waals surface area contributed by atoms with Crippen molar-refractivity contribution in [3.63, 3.8) is 0 Å². The summed E-state index contributed by atoms with van der Waals surface area (Å²) in [6, 6.07) is 12.8. The number of carbonyl (C=O) groups is 1. The number of methoxy groups -OCH3 is 1. The zero-order chi connectivity index (χ0) is 14.7. The largest absolute Gasteiger partial charge is 0.481 e. The summed E-state index contributed by atoms with van der Waals surface area (Å²) in [6.07, 6.45) is 1.64. The number of furan rings is 1. The van der Waals surface area contributed by atoms with Gasteiger partial charge in [-0.25, -0.2) is 4.98 Å². The van der Waals surface area contributed by atoms with E-state index < -0.39 is 0 Å². The molecule has 0 fully saturated rings. The van der Waals surface area contributed by atoms with E-state index in [0.29, 0.717) is 23.8 Å². The molecule has 0 unspecified atom stereocenters. The van der Waals surface area contributed by atoms with Gasteiger partial charge >= 0.3 is 0 Å². The Morgan fingerprint density at radius 1 is 1.29 bits per heavy atom. The lowest BCUT2D eigenvalue weighted by Gasteiger charge is -2.04. The Bertz CT molecular complexity index is 747. The molecular formula is C16H14N2O3. The number of para-hydroxylation sites is 1. The Morgan fingerprint density at radius 2 is 2.14 bits per heavy atom. The maximum absolute atomic E-state index is 12.1. The molecule has 0 spiro atoms. The number of ether oxygens (including phenoxy) is 1. The zero-order valence-corrected chi connectivity index (χ0v) is 11.5. The van der Waals surface area contributed by atoms with Crippen LogP contribution in [0.2, 0.25) is 0 Å². The van der Waals surface area contributed by atoms with Gasteiger partial charge in [-0.1, -0.05) is 18.2 Å². The van der Waals surface area contributed by atoms with Crippen molar-refractivity contribution in [3.05, 3.63) is 60.0 Å². The van der Waals surface area contributed by atoms with Gasteiger partial charge in [-0.15, -0.1) is 0 Å². The first-order valence-corrected chi connectivity index (χ1v) is 6.52. The quantitative estimate of drug-likeness (QED) is 0.799. The Kier molecular flexibility index (Phi) is 3.55. The Hall–Kier alpha value is -2.82. The summed E-state index contributed by atoms with van der Waals surface area (Å²) in [5, 5.41) is 3.72. The van der Waals surface area contributed by atoms with Crippen LogP contribution in [-0.4, -0.2) is 18.0 Å². The van der Waals surface area contributed by atoms with Crippen LogP contribution in [0, 0.1) is 0 Å². The molecule has 0 aliphatic carbocycles. The molecule has 1 amide bonds. The number of rotatable bonds is 4. The standard InChI is InChI=1S/C16H14N2O3/c1-20-15-8-11(6-7-17-15)10-18-16(19)14-9-12-4-2-3-5-13(12)21-14/h2-9H,10H2,1H3,(H,18,19). The van der Waals surface area contributed by atoms with E-state index in [1.165, 1.54) is 0 Å². The fourth-order valence-electron chi connectivity index (χ4n) is 2.04. The minimum atomic E-state index is -0.248. The second-order valence-corrected chi connectivity index (χ2v) is 4.54.